The molecule has 1 aromatic carbocycles. The number of non-ortho nitro benzene ring substituents is 1. The molecule has 1 rings (SSSR count). The number of nitrogens with one attached hydrogen (secondary N) is 2. The molecule has 0 saturated heterocycles. The highest BCUT2D eigenvalue weighted by Crippen LogP contribution is 2.25. The van der Waals surface area contributed by atoms with Gasteiger partial charge < -0.3 is 5.43 Å². The lowest BCUT2D eigenvalue weighted by Gasteiger charge is -2.15. The molecule has 0 aromatic heterocycles. The van der Waals surface area contributed by atoms with Crippen molar-refractivity contribution in [3.05, 3.63) is 28.3 Å². The molecule has 0 bridgehead atoms. The summed E-state index contributed by atoms with van der Waals surface area (Å²) >= 11 is 0. The van der Waals surface area contributed by atoms with Crippen LogP contribution in [0.5, 0.6) is 0 Å². The first-order chi connectivity index (χ1) is 9.31. The zero-order valence-corrected chi connectivity index (χ0v) is 12.1. The van der Waals surface area contributed by atoms with E-state index >= 15 is 0 Å². The lowest BCUT2D eigenvalue weighted by Crippen LogP contribution is -2.33. The predicted octanol–water partition coefficient (Wildman–Crippen LogP) is 1.35. The van der Waals surface area contributed by atoms with Crippen molar-refractivity contribution in [1.82, 2.24) is 4.72 Å². The third kappa shape index (κ3) is 3.89. The third-order valence-electron chi connectivity index (χ3n) is 2.70. The van der Waals surface area contributed by atoms with E-state index in [0.29, 0.717) is 6.42 Å². The minimum atomic E-state index is -3.78. The van der Waals surface area contributed by atoms with Gasteiger partial charge in [0.25, 0.3) is 5.69 Å². The first-order valence-corrected chi connectivity index (χ1v) is 7.57. The maximum Gasteiger partial charge on any atom is 0.271 e. The van der Waals surface area contributed by atoms with Crippen LogP contribution in [-0.4, -0.2) is 19.4 Å². The number of anilines is 1. The highest BCUT2D eigenvalue weighted by molar-refractivity contribution is 7.89. The third-order valence-corrected chi connectivity index (χ3v) is 4.34. The van der Waals surface area contributed by atoms with Crippen molar-refractivity contribution in [2.75, 3.05) is 5.43 Å². The number of rotatable bonds is 7. The summed E-state index contributed by atoms with van der Waals surface area (Å²) in [5.74, 6) is 5.24. The van der Waals surface area contributed by atoms with Crippen LogP contribution in [0.2, 0.25) is 0 Å². The Bertz CT molecular complexity index is 588. The molecule has 8 nitrogen and oxygen atoms in total. The highest BCUT2D eigenvalue weighted by Gasteiger charge is 2.22. The van der Waals surface area contributed by atoms with Gasteiger partial charge in [0.1, 0.15) is 4.90 Å². The number of nitro benzene ring substituents is 1. The van der Waals surface area contributed by atoms with Gasteiger partial charge >= 0.3 is 0 Å². The fourth-order valence-electron chi connectivity index (χ4n) is 1.80. The molecule has 0 aliphatic carbocycles. The maximum absolute atomic E-state index is 12.2. The molecule has 0 fully saturated rings. The van der Waals surface area contributed by atoms with Crippen molar-refractivity contribution >= 4 is 21.4 Å². The zero-order valence-electron chi connectivity index (χ0n) is 11.3. The van der Waals surface area contributed by atoms with E-state index in [1.165, 1.54) is 0 Å². The molecular formula is C11H18N4O4S. The molecule has 1 aromatic rings. The summed E-state index contributed by atoms with van der Waals surface area (Å²) < 4.78 is 26.9. The van der Waals surface area contributed by atoms with Crippen molar-refractivity contribution < 1.29 is 13.3 Å². The summed E-state index contributed by atoms with van der Waals surface area (Å²) in [6.07, 6.45) is 1.53. The van der Waals surface area contributed by atoms with Crippen molar-refractivity contribution in [2.45, 2.75) is 37.6 Å². The fourth-order valence-corrected chi connectivity index (χ4v) is 3.23. The summed E-state index contributed by atoms with van der Waals surface area (Å²) in [4.78, 5) is 9.93. The maximum atomic E-state index is 12.2. The van der Waals surface area contributed by atoms with Gasteiger partial charge in [0.05, 0.1) is 10.6 Å². The number of hydrazine groups is 1. The smallest absolute Gasteiger partial charge is 0.271 e. The van der Waals surface area contributed by atoms with Gasteiger partial charge in [0.2, 0.25) is 10.0 Å². The van der Waals surface area contributed by atoms with E-state index in [9.17, 15) is 18.5 Å². The van der Waals surface area contributed by atoms with Gasteiger partial charge in [-0.3, -0.25) is 16.0 Å². The van der Waals surface area contributed by atoms with Crippen molar-refractivity contribution in [1.29, 1.82) is 0 Å². The first kappa shape index (κ1) is 16.3. The lowest BCUT2D eigenvalue weighted by molar-refractivity contribution is -0.384. The van der Waals surface area contributed by atoms with Crippen LogP contribution < -0.4 is 16.0 Å². The number of benzene rings is 1. The molecule has 1 atom stereocenters. The molecule has 0 aliphatic heterocycles. The van der Waals surface area contributed by atoms with Gasteiger partial charge in [-0.05, 0) is 19.4 Å². The molecule has 1 unspecified atom stereocenters. The average molecular weight is 302 g/mol. The number of hydrogen-bond acceptors (Lipinski definition) is 6. The minimum absolute atomic E-state index is 0.0181. The molecule has 0 saturated carbocycles. The van der Waals surface area contributed by atoms with Crippen molar-refractivity contribution in [3.63, 3.8) is 0 Å². The van der Waals surface area contributed by atoms with Crippen LogP contribution in [0.3, 0.4) is 0 Å². The Morgan fingerprint density at radius 3 is 2.60 bits per heavy atom. The Kier molecular flexibility index (Phi) is 5.43. The van der Waals surface area contributed by atoms with Gasteiger partial charge in [-0.25, -0.2) is 13.1 Å². The highest BCUT2D eigenvalue weighted by atomic mass is 32.2. The Morgan fingerprint density at radius 1 is 1.45 bits per heavy atom. The largest absolute Gasteiger partial charge is 0.323 e. The normalized spacial score (nSPS) is 12.9. The molecule has 0 radical (unpaired) electrons. The second kappa shape index (κ2) is 6.64. The number of nitrogens with zero attached hydrogens (tertiary/aromatic N) is 1. The first-order valence-electron chi connectivity index (χ1n) is 6.09. The summed E-state index contributed by atoms with van der Waals surface area (Å²) in [6, 6.07) is 3.14. The minimum Gasteiger partial charge on any atom is -0.323 e. The van der Waals surface area contributed by atoms with E-state index in [0.717, 1.165) is 24.6 Å². The quantitative estimate of drug-likeness (QED) is 0.396. The number of nitrogen functional groups attached to an aromatic ring is 1. The van der Waals surface area contributed by atoms with Gasteiger partial charge in [0, 0.05) is 18.2 Å². The standard InChI is InChI=1S/C11H18N4O4S/c1-3-4-8(2)14-20(18,19)11-6-5-9(15(16)17)7-10(11)13-12/h5-8,13-14H,3-4,12H2,1-2H3. The average Bonchev–Trinajstić information content (AvgIpc) is 2.37. The Morgan fingerprint density at radius 2 is 2.10 bits per heavy atom. The van der Waals surface area contributed by atoms with Crippen LogP contribution >= 0.6 is 0 Å². The number of hydrogen-bond donors (Lipinski definition) is 3. The second-order valence-electron chi connectivity index (χ2n) is 4.39. The van der Waals surface area contributed by atoms with Crippen molar-refractivity contribution in [2.24, 2.45) is 5.84 Å². The SMILES string of the molecule is CCCC(C)NS(=O)(=O)c1ccc([N+](=O)[O-])cc1NN. The Hall–Kier alpha value is -1.71. The van der Waals surface area contributed by atoms with E-state index in [4.69, 9.17) is 5.84 Å². The van der Waals surface area contributed by atoms with Gasteiger partial charge in [-0.15, -0.1) is 0 Å². The fraction of sp³-hybridized carbons (Fsp3) is 0.455. The van der Waals surface area contributed by atoms with E-state index in [2.05, 4.69) is 10.1 Å². The lowest BCUT2D eigenvalue weighted by atomic mass is 10.2. The van der Waals surface area contributed by atoms with Crippen molar-refractivity contribution in [3.8, 4) is 0 Å². The summed E-state index contributed by atoms with van der Waals surface area (Å²) in [5, 5.41) is 10.7. The molecule has 0 spiro atoms. The molecule has 9 heteroatoms. The van der Waals surface area contributed by atoms with Gasteiger partial charge in [0.15, 0.2) is 0 Å². The van der Waals surface area contributed by atoms with Crippen LogP contribution in [0.4, 0.5) is 11.4 Å². The van der Waals surface area contributed by atoms with Crippen LogP contribution in [0.25, 0.3) is 0 Å². The van der Waals surface area contributed by atoms with Crippen LogP contribution in [-0.2, 0) is 10.0 Å². The molecule has 0 heterocycles. The van der Waals surface area contributed by atoms with Gasteiger partial charge in [-0.2, -0.15) is 0 Å². The van der Waals surface area contributed by atoms with Crippen LogP contribution in [0.15, 0.2) is 23.1 Å². The molecule has 4 N–H and O–H groups in total. The van der Waals surface area contributed by atoms with Crippen LogP contribution in [0, 0.1) is 10.1 Å². The molecule has 0 aliphatic rings. The number of nitrogens with two attached hydrogens (primary N) is 1. The second-order valence-corrected chi connectivity index (χ2v) is 6.08. The topological polar surface area (TPSA) is 127 Å². The predicted molar refractivity (Wildman–Crippen MR) is 75.6 cm³/mol. The van der Waals surface area contributed by atoms with Gasteiger partial charge in [-0.1, -0.05) is 13.3 Å². The van der Waals surface area contributed by atoms with Crippen LogP contribution in [0.1, 0.15) is 26.7 Å². The molecule has 20 heavy (non-hydrogen) atoms. The zero-order chi connectivity index (χ0) is 15.3. The summed E-state index contributed by atoms with van der Waals surface area (Å²) in [5.41, 5.74) is 1.92. The molecule has 0 amide bonds. The number of nitro groups is 1. The summed E-state index contributed by atoms with van der Waals surface area (Å²) in [7, 11) is -3.78. The number of sulfonamides is 1. The van der Waals surface area contributed by atoms with E-state index in [-0.39, 0.29) is 22.3 Å². The monoisotopic (exact) mass is 302 g/mol. The Balaban J connectivity index is 3.15. The van der Waals surface area contributed by atoms with E-state index in [1.807, 2.05) is 6.92 Å². The summed E-state index contributed by atoms with van der Waals surface area (Å²) in [6.45, 7) is 3.70. The molecular weight excluding hydrogens is 284 g/mol. The Labute approximate surface area is 117 Å². The molecule has 112 valence electrons. The van der Waals surface area contributed by atoms with E-state index < -0.39 is 14.9 Å². The van der Waals surface area contributed by atoms with E-state index in [1.54, 1.807) is 6.92 Å².